The van der Waals surface area contributed by atoms with E-state index in [2.05, 4.69) is 4.99 Å². The number of rotatable bonds is 5. The maximum atomic E-state index is 14.2. The topological polar surface area (TPSA) is 69.9 Å². The van der Waals surface area contributed by atoms with Gasteiger partial charge in [0.25, 0.3) is 5.56 Å². The first-order valence-electron chi connectivity index (χ1n) is 10.4. The first-order chi connectivity index (χ1) is 15.8. The van der Waals surface area contributed by atoms with Crippen molar-refractivity contribution < 1.29 is 18.7 Å². The second kappa shape index (κ2) is 9.15. The zero-order valence-electron chi connectivity index (χ0n) is 18.7. The van der Waals surface area contributed by atoms with Gasteiger partial charge < -0.3 is 9.47 Å². The summed E-state index contributed by atoms with van der Waals surface area (Å²) in [6, 6.07) is 12.7. The Labute approximate surface area is 193 Å². The number of nitrogens with zero attached hydrogens (tertiary/aromatic N) is 2. The Morgan fingerprint density at radius 3 is 2.52 bits per heavy atom. The smallest absolute Gasteiger partial charge is 0.338 e. The van der Waals surface area contributed by atoms with Crippen LogP contribution in [0.4, 0.5) is 4.39 Å². The minimum Gasteiger partial charge on any atom is -0.497 e. The fraction of sp³-hybridized carbons (Fsp3) is 0.240. The average molecular weight is 467 g/mol. The predicted octanol–water partition coefficient (Wildman–Crippen LogP) is 3.33. The van der Waals surface area contributed by atoms with Crippen molar-refractivity contribution in [2.45, 2.75) is 32.9 Å². The number of hydrogen-bond donors (Lipinski definition) is 0. The van der Waals surface area contributed by atoms with E-state index in [9.17, 15) is 14.0 Å². The van der Waals surface area contributed by atoms with Crippen LogP contribution in [0, 0.1) is 5.82 Å². The van der Waals surface area contributed by atoms with E-state index in [0.717, 1.165) is 11.3 Å². The SMILES string of the molecule is COc1ccc([C@@H]2C(C(=O)OC(C)C)=C(C)N=c3s/c(=C\c4ccccc4F)c(=O)n32)cc1. The van der Waals surface area contributed by atoms with Gasteiger partial charge in [-0.2, -0.15) is 0 Å². The van der Waals surface area contributed by atoms with Crippen LogP contribution in [0.5, 0.6) is 5.75 Å². The van der Waals surface area contributed by atoms with Crippen LogP contribution in [0.3, 0.4) is 0 Å². The van der Waals surface area contributed by atoms with Crippen LogP contribution in [0.15, 0.2) is 69.6 Å². The molecule has 2 aromatic carbocycles. The molecule has 1 aromatic heterocycles. The van der Waals surface area contributed by atoms with Crippen molar-refractivity contribution in [2.24, 2.45) is 4.99 Å². The maximum Gasteiger partial charge on any atom is 0.338 e. The lowest BCUT2D eigenvalue weighted by atomic mass is 9.96. The van der Waals surface area contributed by atoms with Crippen molar-refractivity contribution in [3.63, 3.8) is 0 Å². The third kappa shape index (κ3) is 4.39. The number of carbonyl (C=O) groups is 1. The van der Waals surface area contributed by atoms with Crippen molar-refractivity contribution in [3.8, 4) is 5.75 Å². The first kappa shape index (κ1) is 22.7. The van der Waals surface area contributed by atoms with Crippen molar-refractivity contribution in [2.75, 3.05) is 7.11 Å². The quantitative estimate of drug-likeness (QED) is 0.541. The summed E-state index contributed by atoms with van der Waals surface area (Å²) in [5, 5.41) is 0. The molecule has 0 aliphatic carbocycles. The standard InChI is InChI=1S/C25H23FN2O4S/c1-14(2)32-24(30)21-15(3)27-25-28(22(21)16-9-11-18(31-4)12-10-16)23(29)20(33-25)13-17-7-5-6-8-19(17)26/h5-14,22H,1-4H3/b20-13-/t22-/m1/s1. The Bertz CT molecular complexity index is 1420. The van der Waals surface area contributed by atoms with Gasteiger partial charge in [0.1, 0.15) is 11.6 Å². The zero-order valence-corrected chi connectivity index (χ0v) is 19.5. The van der Waals surface area contributed by atoms with E-state index in [4.69, 9.17) is 9.47 Å². The van der Waals surface area contributed by atoms with Crippen molar-refractivity contribution in [3.05, 3.63) is 96.4 Å². The number of fused-ring (bicyclic) bond motifs is 1. The van der Waals surface area contributed by atoms with Gasteiger partial charge in [-0.05, 0) is 50.6 Å². The molecule has 0 N–H and O–H groups in total. The summed E-state index contributed by atoms with van der Waals surface area (Å²) in [7, 11) is 1.57. The average Bonchev–Trinajstić information content (AvgIpc) is 3.08. The Kier molecular flexibility index (Phi) is 6.29. The highest BCUT2D eigenvalue weighted by Gasteiger charge is 2.33. The van der Waals surface area contributed by atoms with Gasteiger partial charge in [0.05, 0.1) is 35.1 Å². The number of halogens is 1. The number of allylic oxidation sites excluding steroid dienone is 1. The molecule has 0 saturated heterocycles. The number of esters is 1. The predicted molar refractivity (Wildman–Crippen MR) is 124 cm³/mol. The van der Waals surface area contributed by atoms with E-state index in [1.54, 1.807) is 70.3 Å². The lowest BCUT2D eigenvalue weighted by Crippen LogP contribution is -2.40. The molecule has 0 fully saturated rings. The third-order valence-electron chi connectivity index (χ3n) is 5.21. The molecule has 1 atom stereocenters. The first-order valence-corrected chi connectivity index (χ1v) is 11.2. The summed E-state index contributed by atoms with van der Waals surface area (Å²) < 4.78 is 26.7. The summed E-state index contributed by atoms with van der Waals surface area (Å²) in [4.78, 5) is 31.5. The van der Waals surface area contributed by atoms with Gasteiger partial charge in [-0.3, -0.25) is 9.36 Å². The molecule has 170 valence electrons. The maximum absolute atomic E-state index is 14.2. The van der Waals surface area contributed by atoms with Crippen LogP contribution in [0.1, 0.15) is 37.9 Å². The lowest BCUT2D eigenvalue weighted by molar-refractivity contribution is -0.143. The van der Waals surface area contributed by atoms with Gasteiger partial charge in [0, 0.05) is 5.56 Å². The lowest BCUT2D eigenvalue weighted by Gasteiger charge is -2.25. The number of aromatic nitrogens is 1. The fourth-order valence-corrected chi connectivity index (χ4v) is 4.73. The van der Waals surface area contributed by atoms with Gasteiger partial charge in [-0.25, -0.2) is 14.2 Å². The molecule has 6 nitrogen and oxygen atoms in total. The van der Waals surface area contributed by atoms with Gasteiger partial charge in [0.15, 0.2) is 4.80 Å². The van der Waals surface area contributed by atoms with Crippen molar-refractivity contribution in [1.82, 2.24) is 4.57 Å². The molecule has 33 heavy (non-hydrogen) atoms. The molecular formula is C25H23FN2O4S. The normalized spacial score (nSPS) is 15.9. The number of benzene rings is 2. The third-order valence-corrected chi connectivity index (χ3v) is 6.19. The second-order valence-electron chi connectivity index (χ2n) is 7.83. The molecule has 4 rings (SSSR count). The zero-order chi connectivity index (χ0) is 23.7. The highest BCUT2D eigenvalue weighted by molar-refractivity contribution is 7.07. The van der Waals surface area contributed by atoms with E-state index in [1.165, 1.54) is 16.7 Å². The van der Waals surface area contributed by atoms with Gasteiger partial charge >= 0.3 is 5.97 Å². The minimum atomic E-state index is -0.735. The van der Waals surface area contributed by atoms with Crippen LogP contribution in [-0.2, 0) is 9.53 Å². The second-order valence-corrected chi connectivity index (χ2v) is 8.84. The molecule has 0 radical (unpaired) electrons. The number of methoxy groups -OCH3 is 1. The Balaban J connectivity index is 1.95. The monoisotopic (exact) mass is 466 g/mol. The Morgan fingerprint density at radius 2 is 1.88 bits per heavy atom. The molecule has 0 spiro atoms. The van der Waals surface area contributed by atoms with E-state index < -0.39 is 17.8 Å². The summed E-state index contributed by atoms with van der Waals surface area (Å²) in [6.07, 6.45) is 1.18. The number of hydrogen-bond acceptors (Lipinski definition) is 6. The summed E-state index contributed by atoms with van der Waals surface area (Å²) in [5.74, 6) is -0.305. The Morgan fingerprint density at radius 1 is 1.18 bits per heavy atom. The van der Waals surface area contributed by atoms with Crippen molar-refractivity contribution in [1.29, 1.82) is 0 Å². The molecule has 0 unspecified atom stereocenters. The van der Waals surface area contributed by atoms with Crippen LogP contribution < -0.4 is 19.6 Å². The van der Waals surface area contributed by atoms with Crippen LogP contribution >= 0.6 is 11.3 Å². The highest BCUT2D eigenvalue weighted by Crippen LogP contribution is 2.31. The summed E-state index contributed by atoms with van der Waals surface area (Å²) >= 11 is 1.15. The molecule has 1 aliphatic rings. The van der Waals surface area contributed by atoms with Crippen LogP contribution in [-0.4, -0.2) is 23.8 Å². The number of ether oxygens (including phenoxy) is 2. The van der Waals surface area contributed by atoms with E-state index in [-0.39, 0.29) is 11.7 Å². The highest BCUT2D eigenvalue weighted by atomic mass is 32.1. The Hall–Kier alpha value is -3.52. The molecule has 0 amide bonds. The van der Waals surface area contributed by atoms with E-state index >= 15 is 0 Å². The van der Waals surface area contributed by atoms with Gasteiger partial charge in [-0.1, -0.05) is 41.7 Å². The minimum absolute atomic E-state index is 0.290. The van der Waals surface area contributed by atoms with E-state index in [0.29, 0.717) is 37.5 Å². The summed E-state index contributed by atoms with van der Waals surface area (Å²) in [5.41, 5.74) is 1.42. The van der Waals surface area contributed by atoms with Crippen LogP contribution in [0.25, 0.3) is 6.08 Å². The molecule has 2 heterocycles. The molecular weight excluding hydrogens is 443 g/mol. The summed E-state index contributed by atoms with van der Waals surface area (Å²) in [6.45, 7) is 5.25. The molecule has 0 bridgehead atoms. The van der Waals surface area contributed by atoms with Gasteiger partial charge in [0.2, 0.25) is 0 Å². The molecule has 8 heteroatoms. The number of carbonyl (C=O) groups excluding carboxylic acids is 1. The largest absolute Gasteiger partial charge is 0.497 e. The molecule has 1 aliphatic heterocycles. The molecule has 3 aromatic rings. The number of thiazole rings is 1. The van der Waals surface area contributed by atoms with Crippen LogP contribution in [0.2, 0.25) is 0 Å². The van der Waals surface area contributed by atoms with Gasteiger partial charge in [-0.15, -0.1) is 0 Å². The fourth-order valence-electron chi connectivity index (χ4n) is 3.70. The molecule has 0 saturated carbocycles. The van der Waals surface area contributed by atoms with E-state index in [1.807, 2.05) is 0 Å². The van der Waals surface area contributed by atoms with Crippen molar-refractivity contribution >= 4 is 23.4 Å².